The first-order valence-electron chi connectivity index (χ1n) is 8.77. The highest BCUT2D eigenvalue weighted by molar-refractivity contribution is 5.54. The van der Waals surface area contributed by atoms with E-state index in [4.69, 9.17) is 0 Å². The number of nitrogens with one attached hydrogen (secondary N) is 1. The molecule has 1 aromatic rings. The van der Waals surface area contributed by atoms with Crippen molar-refractivity contribution in [3.63, 3.8) is 0 Å². The second kappa shape index (κ2) is 6.88. The average molecular weight is 303 g/mol. The number of hydrogen-bond acceptors (Lipinski definition) is 4. The van der Waals surface area contributed by atoms with Crippen molar-refractivity contribution in [3.8, 4) is 5.75 Å². The zero-order valence-corrected chi connectivity index (χ0v) is 13.9. The SMILES string of the molecule is CCN(CC)c1ccc([C@H](C2CC2)N2CCNCC2)c(O)c1. The maximum absolute atomic E-state index is 10.6. The van der Waals surface area contributed by atoms with E-state index in [1.54, 1.807) is 0 Å². The first-order valence-corrected chi connectivity index (χ1v) is 8.77. The molecule has 1 heterocycles. The summed E-state index contributed by atoms with van der Waals surface area (Å²) >= 11 is 0. The lowest BCUT2D eigenvalue weighted by molar-refractivity contribution is 0.153. The van der Waals surface area contributed by atoms with Crippen LogP contribution in [0.3, 0.4) is 0 Å². The molecule has 0 radical (unpaired) electrons. The Morgan fingerprint density at radius 3 is 2.45 bits per heavy atom. The molecule has 1 aliphatic carbocycles. The van der Waals surface area contributed by atoms with Crippen molar-refractivity contribution >= 4 is 5.69 Å². The van der Waals surface area contributed by atoms with Crippen LogP contribution in [0.5, 0.6) is 5.75 Å². The summed E-state index contributed by atoms with van der Waals surface area (Å²) in [5, 5.41) is 14.1. The van der Waals surface area contributed by atoms with Gasteiger partial charge in [-0.15, -0.1) is 0 Å². The van der Waals surface area contributed by atoms with E-state index in [1.165, 1.54) is 12.8 Å². The van der Waals surface area contributed by atoms with Crippen molar-refractivity contribution in [2.75, 3.05) is 44.2 Å². The van der Waals surface area contributed by atoms with Gasteiger partial charge in [-0.2, -0.15) is 0 Å². The normalized spacial score (nSPS) is 20.8. The third-order valence-corrected chi connectivity index (χ3v) is 5.07. The van der Waals surface area contributed by atoms with Crippen LogP contribution in [0, 0.1) is 5.92 Å². The van der Waals surface area contributed by atoms with Crippen molar-refractivity contribution < 1.29 is 5.11 Å². The Labute approximate surface area is 134 Å². The lowest BCUT2D eigenvalue weighted by Gasteiger charge is -2.36. The fourth-order valence-corrected chi connectivity index (χ4v) is 3.69. The number of aromatic hydroxyl groups is 1. The lowest BCUT2D eigenvalue weighted by Crippen LogP contribution is -2.45. The fourth-order valence-electron chi connectivity index (χ4n) is 3.69. The number of phenols is 1. The lowest BCUT2D eigenvalue weighted by atomic mass is 9.98. The van der Waals surface area contributed by atoms with Crippen LogP contribution in [0.2, 0.25) is 0 Å². The van der Waals surface area contributed by atoms with Gasteiger partial charge in [0.05, 0.1) is 0 Å². The van der Waals surface area contributed by atoms with Crippen LogP contribution in [0.4, 0.5) is 5.69 Å². The van der Waals surface area contributed by atoms with Gasteiger partial charge in [-0.25, -0.2) is 0 Å². The number of benzene rings is 1. The maximum Gasteiger partial charge on any atom is 0.122 e. The van der Waals surface area contributed by atoms with Gasteiger partial charge in [0, 0.05) is 62.6 Å². The van der Waals surface area contributed by atoms with Gasteiger partial charge < -0.3 is 15.3 Å². The zero-order chi connectivity index (χ0) is 15.5. The van der Waals surface area contributed by atoms with Gasteiger partial charge in [0.2, 0.25) is 0 Å². The largest absolute Gasteiger partial charge is 0.508 e. The molecule has 1 aliphatic heterocycles. The van der Waals surface area contributed by atoms with Gasteiger partial charge in [-0.1, -0.05) is 6.07 Å². The summed E-state index contributed by atoms with van der Waals surface area (Å²) in [6.07, 6.45) is 2.59. The van der Waals surface area contributed by atoms with E-state index in [1.807, 2.05) is 6.07 Å². The molecule has 3 rings (SSSR count). The Hall–Kier alpha value is -1.26. The minimum atomic E-state index is 0.396. The molecule has 4 nitrogen and oxygen atoms in total. The number of phenolic OH excluding ortho intramolecular Hbond substituents is 1. The molecule has 2 fully saturated rings. The Morgan fingerprint density at radius 2 is 1.91 bits per heavy atom. The first kappa shape index (κ1) is 15.6. The van der Waals surface area contributed by atoms with Crippen LogP contribution in [0.25, 0.3) is 0 Å². The predicted molar refractivity (Wildman–Crippen MR) is 91.6 cm³/mol. The molecule has 122 valence electrons. The molecule has 1 saturated carbocycles. The van der Waals surface area contributed by atoms with Crippen LogP contribution in [-0.4, -0.2) is 49.3 Å². The van der Waals surface area contributed by atoms with Crippen molar-refractivity contribution in [2.45, 2.75) is 32.7 Å². The van der Waals surface area contributed by atoms with E-state index < -0.39 is 0 Å². The molecule has 0 amide bonds. The highest BCUT2D eigenvalue weighted by atomic mass is 16.3. The summed E-state index contributed by atoms with van der Waals surface area (Å²) < 4.78 is 0. The van der Waals surface area contributed by atoms with Crippen molar-refractivity contribution in [2.24, 2.45) is 5.92 Å². The molecular weight excluding hydrogens is 274 g/mol. The van der Waals surface area contributed by atoms with Gasteiger partial charge in [0.15, 0.2) is 0 Å². The number of hydrogen-bond donors (Lipinski definition) is 2. The third-order valence-electron chi connectivity index (χ3n) is 5.07. The Morgan fingerprint density at radius 1 is 1.23 bits per heavy atom. The molecule has 1 saturated heterocycles. The van der Waals surface area contributed by atoms with Crippen LogP contribution < -0.4 is 10.2 Å². The second-order valence-corrected chi connectivity index (χ2v) is 6.48. The van der Waals surface area contributed by atoms with Crippen LogP contribution in [-0.2, 0) is 0 Å². The molecule has 1 aromatic carbocycles. The quantitative estimate of drug-likeness (QED) is 0.847. The standard InChI is InChI=1S/C18H29N3O/c1-3-20(4-2)15-7-8-16(17(22)13-15)18(14-5-6-14)21-11-9-19-10-12-21/h7-8,13-14,18-19,22H,3-6,9-12H2,1-2H3/t18-/m0/s1. The van der Waals surface area contributed by atoms with Gasteiger partial charge in [-0.3, -0.25) is 4.90 Å². The summed E-state index contributed by atoms with van der Waals surface area (Å²) in [5.74, 6) is 1.20. The monoisotopic (exact) mass is 303 g/mol. The Kier molecular flexibility index (Phi) is 4.89. The molecule has 0 aromatic heterocycles. The first-order chi connectivity index (χ1) is 10.7. The molecule has 1 atom stereocenters. The number of nitrogens with zero attached hydrogens (tertiary/aromatic N) is 2. The molecular formula is C18H29N3O. The van der Waals surface area contributed by atoms with Crippen LogP contribution >= 0.6 is 0 Å². The summed E-state index contributed by atoms with van der Waals surface area (Å²) in [6.45, 7) is 10.5. The Balaban J connectivity index is 1.84. The summed E-state index contributed by atoms with van der Waals surface area (Å²) in [5.41, 5.74) is 2.25. The molecule has 0 bridgehead atoms. The van der Waals surface area contributed by atoms with E-state index in [0.29, 0.717) is 11.8 Å². The van der Waals surface area contributed by atoms with Gasteiger partial charge >= 0.3 is 0 Å². The van der Waals surface area contributed by atoms with E-state index in [2.05, 4.69) is 41.1 Å². The van der Waals surface area contributed by atoms with E-state index in [-0.39, 0.29) is 0 Å². The maximum atomic E-state index is 10.6. The number of anilines is 1. The molecule has 4 heteroatoms. The summed E-state index contributed by atoms with van der Waals surface area (Å²) in [6, 6.07) is 6.70. The van der Waals surface area contributed by atoms with Crippen molar-refractivity contribution in [3.05, 3.63) is 23.8 Å². The number of piperazine rings is 1. The van der Waals surface area contributed by atoms with Gasteiger partial charge in [-0.05, 0) is 38.7 Å². The number of rotatable bonds is 6. The zero-order valence-electron chi connectivity index (χ0n) is 13.9. The second-order valence-electron chi connectivity index (χ2n) is 6.48. The summed E-state index contributed by atoms with van der Waals surface area (Å²) in [4.78, 5) is 4.83. The van der Waals surface area contributed by atoms with E-state index in [0.717, 1.165) is 56.4 Å². The predicted octanol–water partition coefficient (Wildman–Crippen LogP) is 2.59. The molecule has 0 unspecified atom stereocenters. The van der Waals surface area contributed by atoms with Crippen molar-refractivity contribution in [1.29, 1.82) is 0 Å². The third kappa shape index (κ3) is 3.23. The molecule has 22 heavy (non-hydrogen) atoms. The average Bonchev–Trinajstić information content (AvgIpc) is 3.37. The highest BCUT2D eigenvalue weighted by Crippen LogP contribution is 2.47. The molecule has 2 N–H and O–H groups in total. The van der Waals surface area contributed by atoms with E-state index in [9.17, 15) is 5.11 Å². The van der Waals surface area contributed by atoms with Crippen LogP contribution in [0.15, 0.2) is 18.2 Å². The molecule has 0 spiro atoms. The van der Waals surface area contributed by atoms with Gasteiger partial charge in [0.1, 0.15) is 5.75 Å². The minimum absolute atomic E-state index is 0.396. The highest BCUT2D eigenvalue weighted by Gasteiger charge is 2.38. The topological polar surface area (TPSA) is 38.7 Å². The van der Waals surface area contributed by atoms with Crippen molar-refractivity contribution in [1.82, 2.24) is 10.2 Å². The van der Waals surface area contributed by atoms with Gasteiger partial charge in [0.25, 0.3) is 0 Å². The van der Waals surface area contributed by atoms with Crippen LogP contribution in [0.1, 0.15) is 38.3 Å². The summed E-state index contributed by atoms with van der Waals surface area (Å²) in [7, 11) is 0. The fraction of sp³-hybridized carbons (Fsp3) is 0.667. The Bertz CT molecular complexity index is 491. The van der Waals surface area contributed by atoms with E-state index >= 15 is 0 Å². The minimum Gasteiger partial charge on any atom is -0.508 e. The smallest absolute Gasteiger partial charge is 0.122 e. The molecule has 2 aliphatic rings.